The number of rotatable bonds is 7. The number of unbranched alkanes of at least 4 members (excludes halogenated alkanes) is 2. The van der Waals surface area contributed by atoms with Crippen LogP contribution in [0.4, 0.5) is 0 Å². The van der Waals surface area contributed by atoms with Crippen LogP contribution in [0, 0.1) is 0 Å². The van der Waals surface area contributed by atoms with Gasteiger partial charge >= 0.3 is 0 Å². The minimum absolute atomic E-state index is 0.127. The molecule has 1 aliphatic carbocycles. The minimum atomic E-state index is 0.127. The Morgan fingerprint density at radius 2 is 1.77 bits per heavy atom. The third-order valence-corrected chi connectivity index (χ3v) is 8.16. The number of pyridine rings is 1. The lowest BCUT2D eigenvalue weighted by molar-refractivity contribution is -0.104. The first-order valence-electron chi connectivity index (χ1n) is 12.6. The number of nitrogens with zero attached hydrogens (tertiary/aromatic N) is 1. The zero-order valence-electron chi connectivity index (χ0n) is 18.9. The molecular weight excluding hydrogens is 382 g/mol. The summed E-state index contributed by atoms with van der Waals surface area (Å²) in [5.41, 5.74) is 3.06. The van der Waals surface area contributed by atoms with Gasteiger partial charge in [0.1, 0.15) is 5.75 Å². The van der Waals surface area contributed by atoms with Crippen LogP contribution in [0.1, 0.15) is 94.2 Å². The van der Waals surface area contributed by atoms with E-state index in [0.717, 1.165) is 31.8 Å². The van der Waals surface area contributed by atoms with Gasteiger partial charge in [-0.15, -0.1) is 0 Å². The lowest BCUT2D eigenvalue weighted by Gasteiger charge is -2.46. The molecule has 0 amide bonds. The van der Waals surface area contributed by atoms with Crippen molar-refractivity contribution >= 4 is 0 Å². The summed E-state index contributed by atoms with van der Waals surface area (Å²) in [6.45, 7) is 1.77. The zero-order valence-corrected chi connectivity index (χ0v) is 18.9. The molecule has 31 heavy (non-hydrogen) atoms. The van der Waals surface area contributed by atoms with Gasteiger partial charge in [0.2, 0.25) is 0 Å². The molecule has 3 aliphatic rings. The van der Waals surface area contributed by atoms with Crippen LogP contribution in [0.15, 0.2) is 48.7 Å². The summed E-state index contributed by atoms with van der Waals surface area (Å²) in [5.74, 6) is 1.77. The van der Waals surface area contributed by atoms with Crippen LogP contribution >= 0.6 is 0 Å². The largest absolute Gasteiger partial charge is 0.493 e. The molecule has 2 fully saturated rings. The van der Waals surface area contributed by atoms with Gasteiger partial charge in [0.05, 0.1) is 12.2 Å². The van der Waals surface area contributed by atoms with Crippen molar-refractivity contribution in [1.82, 2.24) is 4.98 Å². The minimum Gasteiger partial charge on any atom is -0.493 e. The maximum Gasteiger partial charge on any atom is 0.122 e. The normalized spacial score (nSPS) is 27.0. The van der Waals surface area contributed by atoms with E-state index < -0.39 is 0 Å². The van der Waals surface area contributed by atoms with E-state index >= 15 is 0 Å². The topological polar surface area (TPSA) is 31.4 Å². The Balaban J connectivity index is 1.20. The first-order chi connectivity index (χ1) is 15.3. The molecular formula is C28H37NO2. The molecule has 1 unspecified atom stereocenters. The fourth-order valence-corrected chi connectivity index (χ4v) is 6.54. The second-order valence-corrected chi connectivity index (χ2v) is 10.1. The maximum absolute atomic E-state index is 6.40. The fourth-order valence-electron chi connectivity index (χ4n) is 6.54. The molecule has 1 saturated heterocycles. The molecule has 2 aromatic rings. The van der Waals surface area contributed by atoms with Crippen molar-refractivity contribution in [3.8, 4) is 5.75 Å². The van der Waals surface area contributed by atoms with E-state index in [1.54, 1.807) is 0 Å². The number of benzene rings is 1. The third kappa shape index (κ3) is 4.53. The van der Waals surface area contributed by atoms with Crippen molar-refractivity contribution in [1.29, 1.82) is 0 Å². The van der Waals surface area contributed by atoms with E-state index in [2.05, 4.69) is 36.4 Å². The molecule has 166 valence electrons. The lowest BCUT2D eigenvalue weighted by atomic mass is 9.67. The third-order valence-electron chi connectivity index (χ3n) is 8.16. The Kier molecular flexibility index (Phi) is 6.31. The van der Waals surface area contributed by atoms with E-state index in [0.29, 0.717) is 5.92 Å². The number of ether oxygens (including phenoxy) is 2. The molecule has 0 N–H and O–H groups in total. The second-order valence-electron chi connectivity index (χ2n) is 10.1. The predicted octanol–water partition coefficient (Wildman–Crippen LogP) is 6.96. The summed E-state index contributed by atoms with van der Waals surface area (Å²) < 4.78 is 12.3. The summed E-state index contributed by atoms with van der Waals surface area (Å²) in [7, 11) is 0. The Hall–Kier alpha value is -1.87. The van der Waals surface area contributed by atoms with Crippen molar-refractivity contribution < 1.29 is 9.47 Å². The summed E-state index contributed by atoms with van der Waals surface area (Å²) in [6.07, 6.45) is 17.0. The molecule has 0 bridgehead atoms. The van der Waals surface area contributed by atoms with Gasteiger partial charge in [-0.05, 0) is 74.6 Å². The number of hydrogen-bond donors (Lipinski definition) is 0. The monoisotopic (exact) mass is 419 g/mol. The SMILES string of the molecule is c1ccc([C@]2(CCCCCC3CCOc4ccccc43)CCOC3(CCCC3)C2)nc1. The summed E-state index contributed by atoms with van der Waals surface area (Å²) >= 11 is 0. The molecule has 1 aromatic carbocycles. The molecule has 5 rings (SSSR count). The first-order valence-corrected chi connectivity index (χ1v) is 12.6. The Bertz CT molecular complexity index is 845. The van der Waals surface area contributed by atoms with E-state index in [1.807, 2.05) is 12.3 Å². The maximum atomic E-state index is 6.40. The van der Waals surface area contributed by atoms with Gasteiger partial charge in [0.15, 0.2) is 0 Å². The lowest BCUT2D eigenvalue weighted by Crippen LogP contribution is -2.46. The van der Waals surface area contributed by atoms with Crippen LogP contribution in [-0.4, -0.2) is 23.8 Å². The van der Waals surface area contributed by atoms with E-state index in [1.165, 1.54) is 75.5 Å². The molecule has 3 nitrogen and oxygen atoms in total. The van der Waals surface area contributed by atoms with Crippen LogP contribution < -0.4 is 4.74 Å². The van der Waals surface area contributed by atoms with Gasteiger partial charge in [-0.1, -0.05) is 56.4 Å². The van der Waals surface area contributed by atoms with Crippen molar-refractivity contribution in [2.45, 2.75) is 94.0 Å². The standard InChI is InChI=1S/C28H37NO2/c1(2-10-23-14-20-30-25-12-4-3-11-24(23)25)6-15-27(26-13-5-9-19-29-26)18-21-31-28(22-27)16-7-8-17-28/h3-5,9,11-13,19,23H,1-2,6-8,10,14-18,20-22H2/t23?,27-/m1/s1. The van der Waals surface area contributed by atoms with E-state index in [4.69, 9.17) is 14.5 Å². The molecule has 2 aliphatic heterocycles. The van der Waals surface area contributed by atoms with Crippen LogP contribution in [0.25, 0.3) is 0 Å². The number of fused-ring (bicyclic) bond motifs is 1. The van der Waals surface area contributed by atoms with Gasteiger partial charge in [0.25, 0.3) is 0 Å². The van der Waals surface area contributed by atoms with Crippen LogP contribution in [0.5, 0.6) is 5.75 Å². The Labute approximate surface area is 187 Å². The fraction of sp³-hybridized carbons (Fsp3) is 0.607. The smallest absolute Gasteiger partial charge is 0.122 e. The Morgan fingerprint density at radius 1 is 0.903 bits per heavy atom. The first kappa shape index (κ1) is 21.0. The van der Waals surface area contributed by atoms with Crippen LogP contribution in [0.2, 0.25) is 0 Å². The molecule has 1 aromatic heterocycles. The molecule has 3 heteroatoms. The molecule has 3 heterocycles. The van der Waals surface area contributed by atoms with Gasteiger partial charge in [-0.3, -0.25) is 4.98 Å². The van der Waals surface area contributed by atoms with Gasteiger partial charge in [0, 0.05) is 23.9 Å². The highest BCUT2D eigenvalue weighted by atomic mass is 16.5. The number of hydrogen-bond acceptors (Lipinski definition) is 3. The number of para-hydroxylation sites is 1. The van der Waals surface area contributed by atoms with Crippen LogP contribution in [0.3, 0.4) is 0 Å². The van der Waals surface area contributed by atoms with Crippen molar-refractivity contribution in [3.63, 3.8) is 0 Å². The van der Waals surface area contributed by atoms with Crippen molar-refractivity contribution in [3.05, 3.63) is 59.9 Å². The molecule has 1 saturated carbocycles. The Morgan fingerprint density at radius 3 is 2.65 bits per heavy atom. The highest BCUT2D eigenvalue weighted by Gasteiger charge is 2.48. The molecule has 1 spiro atoms. The second kappa shape index (κ2) is 9.32. The van der Waals surface area contributed by atoms with Crippen molar-refractivity contribution in [2.24, 2.45) is 0 Å². The molecule has 2 atom stereocenters. The zero-order chi connectivity index (χ0) is 21.0. The van der Waals surface area contributed by atoms with Gasteiger partial charge in [-0.2, -0.15) is 0 Å². The summed E-state index contributed by atoms with van der Waals surface area (Å²) in [6, 6.07) is 15.1. The van der Waals surface area contributed by atoms with Crippen LogP contribution in [-0.2, 0) is 10.2 Å². The van der Waals surface area contributed by atoms with E-state index in [9.17, 15) is 0 Å². The number of aromatic nitrogens is 1. The predicted molar refractivity (Wildman–Crippen MR) is 125 cm³/mol. The highest BCUT2D eigenvalue weighted by molar-refractivity contribution is 5.37. The summed E-state index contributed by atoms with van der Waals surface area (Å²) in [4.78, 5) is 4.86. The van der Waals surface area contributed by atoms with E-state index in [-0.39, 0.29) is 11.0 Å². The van der Waals surface area contributed by atoms with Gasteiger partial charge in [-0.25, -0.2) is 0 Å². The van der Waals surface area contributed by atoms with Crippen molar-refractivity contribution in [2.75, 3.05) is 13.2 Å². The molecule has 0 radical (unpaired) electrons. The highest BCUT2D eigenvalue weighted by Crippen LogP contribution is 2.50. The average Bonchev–Trinajstić information content (AvgIpc) is 3.26. The quantitative estimate of drug-likeness (QED) is 0.455. The summed E-state index contributed by atoms with van der Waals surface area (Å²) in [5, 5.41) is 0. The van der Waals surface area contributed by atoms with Gasteiger partial charge < -0.3 is 9.47 Å². The average molecular weight is 420 g/mol.